The van der Waals surface area contributed by atoms with Gasteiger partial charge in [-0.25, -0.2) is 5.10 Å². The maximum atomic E-state index is 11.8. The highest BCUT2D eigenvalue weighted by Gasteiger charge is 2.50. The van der Waals surface area contributed by atoms with E-state index in [2.05, 4.69) is 33.4 Å². The number of carbonyl (C=O) groups is 1. The lowest BCUT2D eigenvalue weighted by Crippen LogP contribution is -2.45. The third-order valence-electron chi connectivity index (χ3n) is 7.37. The fourth-order valence-corrected chi connectivity index (χ4v) is 5.33. The SMILES string of the molecule is Cc1n[nH]c2c1C(c1cc(C#C[C@H]3C[C@@H](NCC(=O)N(C)C)C3)cc(CO)c1)(C(C)C)C(C#N)=C(N)O2. The number of aryl methyl sites for hydroxylation is 1. The molecule has 9 nitrogen and oxygen atoms in total. The van der Waals surface area contributed by atoms with Crippen molar-refractivity contribution in [3.05, 3.63) is 57.6 Å². The molecule has 0 radical (unpaired) electrons. The van der Waals surface area contributed by atoms with Crippen molar-refractivity contribution in [2.45, 2.75) is 51.7 Å². The summed E-state index contributed by atoms with van der Waals surface area (Å²) in [5.41, 5.74) is 9.38. The summed E-state index contributed by atoms with van der Waals surface area (Å²) in [6, 6.07) is 8.33. The number of fused-ring (bicyclic) bond motifs is 1. The van der Waals surface area contributed by atoms with Crippen LogP contribution in [0.4, 0.5) is 0 Å². The van der Waals surface area contributed by atoms with Crippen LogP contribution in [0.5, 0.6) is 5.88 Å². The fourth-order valence-electron chi connectivity index (χ4n) is 5.33. The van der Waals surface area contributed by atoms with E-state index in [1.54, 1.807) is 19.0 Å². The molecule has 4 rings (SSSR count). The molecular weight excluding hydrogens is 468 g/mol. The molecule has 2 aromatic rings. The first-order chi connectivity index (χ1) is 17.6. The van der Waals surface area contributed by atoms with Crippen LogP contribution in [0.1, 0.15) is 54.6 Å². The van der Waals surface area contributed by atoms with E-state index in [1.807, 2.05) is 39.0 Å². The van der Waals surface area contributed by atoms with Crippen LogP contribution in [-0.4, -0.2) is 52.8 Å². The quantitative estimate of drug-likeness (QED) is 0.443. The number of rotatable bonds is 6. The van der Waals surface area contributed by atoms with Gasteiger partial charge in [-0.2, -0.15) is 10.4 Å². The van der Waals surface area contributed by atoms with Crippen LogP contribution >= 0.6 is 0 Å². The number of aromatic nitrogens is 2. The van der Waals surface area contributed by atoms with E-state index in [0.29, 0.717) is 29.3 Å². The van der Waals surface area contributed by atoms with Crippen molar-refractivity contribution in [2.24, 2.45) is 17.6 Å². The molecule has 1 aromatic heterocycles. The standard InChI is InChI=1S/C28H34N6O3/c1-16(2)28(23(13-29)26(30)37-27-25(28)17(3)32-33-27)21-9-18(8-20(10-21)15-35)6-7-19-11-22(12-19)31-14-24(36)34(4)5/h8-10,16,19,22,31,35H,11-12,14-15,30H2,1-5H3,(H,32,33)/t19-,22+,28?. The zero-order chi connectivity index (χ0) is 26.9. The van der Waals surface area contributed by atoms with Crippen LogP contribution in [-0.2, 0) is 16.8 Å². The van der Waals surface area contributed by atoms with Gasteiger partial charge in [-0.3, -0.25) is 4.79 Å². The number of allylic oxidation sites excluding steroid dienone is 1. The first kappa shape index (κ1) is 26.3. The largest absolute Gasteiger partial charge is 0.422 e. The van der Waals surface area contributed by atoms with Gasteiger partial charge in [0.15, 0.2) is 0 Å². The number of nitriles is 1. The molecule has 0 saturated heterocycles. The highest BCUT2D eigenvalue weighted by atomic mass is 16.5. The third kappa shape index (κ3) is 4.69. The van der Waals surface area contributed by atoms with Crippen molar-refractivity contribution in [2.75, 3.05) is 20.6 Å². The van der Waals surface area contributed by atoms with Gasteiger partial charge in [-0.05, 0) is 48.9 Å². The average molecular weight is 503 g/mol. The minimum Gasteiger partial charge on any atom is -0.422 e. The van der Waals surface area contributed by atoms with Gasteiger partial charge in [0.25, 0.3) is 0 Å². The predicted octanol–water partition coefficient (Wildman–Crippen LogP) is 2.05. The predicted molar refractivity (Wildman–Crippen MR) is 139 cm³/mol. The number of nitrogens with one attached hydrogen (secondary N) is 2. The van der Waals surface area contributed by atoms with Gasteiger partial charge in [-0.15, -0.1) is 0 Å². The van der Waals surface area contributed by atoms with Gasteiger partial charge in [0, 0.05) is 31.6 Å². The molecule has 2 heterocycles. The van der Waals surface area contributed by atoms with Crippen LogP contribution in [0.15, 0.2) is 29.7 Å². The van der Waals surface area contributed by atoms with Crippen LogP contribution < -0.4 is 15.8 Å². The normalized spacial score (nSPS) is 22.3. The second kappa shape index (κ2) is 10.3. The Morgan fingerprint density at radius 1 is 1.38 bits per heavy atom. The highest BCUT2D eigenvalue weighted by Crippen LogP contribution is 2.52. The van der Waals surface area contributed by atoms with Gasteiger partial charge in [0.1, 0.15) is 11.6 Å². The Morgan fingerprint density at radius 3 is 2.73 bits per heavy atom. The van der Waals surface area contributed by atoms with Crippen LogP contribution in [0.25, 0.3) is 0 Å². The minimum absolute atomic E-state index is 0.0372. The first-order valence-corrected chi connectivity index (χ1v) is 12.5. The summed E-state index contributed by atoms with van der Waals surface area (Å²) in [5.74, 6) is 7.29. The topological polar surface area (TPSA) is 140 Å². The fraction of sp³-hybridized carbons (Fsp3) is 0.464. The summed E-state index contributed by atoms with van der Waals surface area (Å²) in [6.45, 7) is 6.10. The van der Waals surface area contributed by atoms with Gasteiger partial charge in [-0.1, -0.05) is 31.8 Å². The number of carbonyl (C=O) groups excluding carboxylic acids is 1. The Hall–Kier alpha value is -3.79. The number of H-pyrrole nitrogens is 1. The van der Waals surface area contributed by atoms with Crippen LogP contribution in [0.2, 0.25) is 0 Å². The van der Waals surface area contributed by atoms with Crippen molar-refractivity contribution in [1.82, 2.24) is 20.4 Å². The molecule has 1 atom stereocenters. The van der Waals surface area contributed by atoms with Crippen molar-refractivity contribution >= 4 is 5.91 Å². The second-order valence-electron chi connectivity index (χ2n) is 10.3. The van der Waals surface area contributed by atoms with Crippen molar-refractivity contribution in [3.63, 3.8) is 0 Å². The Labute approximate surface area is 217 Å². The third-order valence-corrected chi connectivity index (χ3v) is 7.37. The molecule has 9 heteroatoms. The number of nitrogens with two attached hydrogens (primary N) is 1. The van der Waals surface area contributed by atoms with Crippen molar-refractivity contribution in [3.8, 4) is 23.8 Å². The lowest BCUT2D eigenvalue weighted by molar-refractivity contribution is -0.128. The molecule has 5 N–H and O–H groups in total. The lowest BCUT2D eigenvalue weighted by atomic mass is 9.61. The summed E-state index contributed by atoms with van der Waals surface area (Å²) < 4.78 is 5.74. The highest BCUT2D eigenvalue weighted by molar-refractivity contribution is 5.77. The van der Waals surface area contributed by atoms with Gasteiger partial charge in [0.2, 0.25) is 17.7 Å². The molecule has 0 spiro atoms. The van der Waals surface area contributed by atoms with E-state index >= 15 is 0 Å². The zero-order valence-electron chi connectivity index (χ0n) is 22.0. The number of amides is 1. The Bertz CT molecular complexity index is 1330. The molecular formula is C28H34N6O3. The summed E-state index contributed by atoms with van der Waals surface area (Å²) in [7, 11) is 3.49. The van der Waals surface area contributed by atoms with Crippen molar-refractivity contribution < 1.29 is 14.6 Å². The first-order valence-electron chi connectivity index (χ1n) is 12.5. The van der Waals surface area contributed by atoms with E-state index < -0.39 is 5.41 Å². The zero-order valence-corrected chi connectivity index (χ0v) is 22.0. The number of ether oxygens (including phenoxy) is 1. The Kier molecular flexibility index (Phi) is 7.31. The number of nitrogens with zero attached hydrogens (tertiary/aromatic N) is 3. The summed E-state index contributed by atoms with van der Waals surface area (Å²) in [5, 5.41) is 30.8. The number of hydrogen-bond acceptors (Lipinski definition) is 7. The summed E-state index contributed by atoms with van der Waals surface area (Å²) in [4.78, 5) is 13.4. The van der Waals surface area contributed by atoms with E-state index in [4.69, 9.17) is 10.5 Å². The molecule has 1 aliphatic carbocycles. The lowest BCUT2D eigenvalue weighted by Gasteiger charge is -2.41. The molecule has 1 aliphatic heterocycles. The molecule has 1 amide bonds. The molecule has 2 aliphatic rings. The number of aliphatic hydroxyl groups is 1. The van der Waals surface area contributed by atoms with Crippen molar-refractivity contribution in [1.29, 1.82) is 5.26 Å². The Balaban J connectivity index is 1.68. The average Bonchev–Trinajstić information content (AvgIpc) is 3.21. The number of benzene rings is 1. The molecule has 1 unspecified atom stereocenters. The Morgan fingerprint density at radius 2 is 2.11 bits per heavy atom. The molecule has 1 saturated carbocycles. The summed E-state index contributed by atoms with van der Waals surface area (Å²) in [6.07, 6.45) is 1.76. The van der Waals surface area contributed by atoms with Crippen LogP contribution in [0, 0.1) is 41.9 Å². The molecule has 0 bridgehead atoms. The van der Waals surface area contributed by atoms with E-state index in [-0.39, 0.29) is 36.3 Å². The number of aromatic amines is 1. The maximum Gasteiger partial charge on any atom is 0.236 e. The summed E-state index contributed by atoms with van der Waals surface area (Å²) >= 11 is 0. The maximum absolute atomic E-state index is 11.8. The number of aliphatic hydroxyl groups excluding tert-OH is 1. The molecule has 1 aromatic carbocycles. The number of likely N-dealkylation sites (N-methyl/N-ethyl adjacent to an activating group) is 1. The van der Waals surface area contributed by atoms with E-state index in [0.717, 1.165) is 29.5 Å². The monoisotopic (exact) mass is 502 g/mol. The molecule has 37 heavy (non-hydrogen) atoms. The van der Waals surface area contributed by atoms with E-state index in [1.165, 1.54) is 0 Å². The van der Waals surface area contributed by atoms with Gasteiger partial charge >= 0.3 is 0 Å². The second-order valence-corrected chi connectivity index (χ2v) is 10.3. The molecule has 1 fully saturated rings. The molecule has 194 valence electrons. The van der Waals surface area contributed by atoms with Crippen LogP contribution in [0.3, 0.4) is 0 Å². The van der Waals surface area contributed by atoms with Gasteiger partial charge < -0.3 is 25.8 Å². The van der Waals surface area contributed by atoms with Gasteiger partial charge in [0.05, 0.1) is 29.8 Å². The number of hydrogen-bond donors (Lipinski definition) is 4. The smallest absolute Gasteiger partial charge is 0.236 e. The minimum atomic E-state index is -0.921. The van der Waals surface area contributed by atoms with E-state index in [9.17, 15) is 15.2 Å².